The number of anilines is 1. The monoisotopic (exact) mass is 390 g/mol. The summed E-state index contributed by atoms with van der Waals surface area (Å²) in [4.78, 5) is 30.9. The second-order valence-corrected chi connectivity index (χ2v) is 8.15. The average molecular weight is 390 g/mol. The van der Waals surface area contributed by atoms with E-state index in [1.165, 1.54) is 16.2 Å². The number of hydrogen-bond acceptors (Lipinski definition) is 7. The smallest absolute Gasteiger partial charge is 0.255 e. The standard InChI is InChI=1S/C17H18N4O3S2/c1-2-9-3-4-10-11(7-18)16(26-12(10)5-9)19-15(24)8-25-17-20-13(22)6-14(23)21-17/h6,9H,2-5,8H2,1H3,(H,19,24)(H2,20,21,22,23). The number of nitrogens with one attached hydrogen (secondary N) is 2. The van der Waals surface area contributed by atoms with Crippen molar-refractivity contribution in [3.05, 3.63) is 32.4 Å². The van der Waals surface area contributed by atoms with Gasteiger partial charge in [0, 0.05) is 4.88 Å². The Balaban J connectivity index is 1.69. The van der Waals surface area contributed by atoms with Crippen molar-refractivity contribution < 1.29 is 9.90 Å². The lowest BCUT2D eigenvalue weighted by atomic mass is 9.86. The van der Waals surface area contributed by atoms with E-state index in [4.69, 9.17) is 0 Å². The number of H-pyrrole nitrogens is 1. The first kappa shape index (κ1) is 18.5. The van der Waals surface area contributed by atoms with Crippen LogP contribution in [0.15, 0.2) is 16.0 Å². The normalized spacial score (nSPS) is 15.9. The number of aromatic amines is 1. The number of thioether (sulfide) groups is 1. The van der Waals surface area contributed by atoms with Gasteiger partial charge in [0.1, 0.15) is 11.1 Å². The summed E-state index contributed by atoms with van der Waals surface area (Å²) in [5.41, 5.74) is 1.16. The van der Waals surface area contributed by atoms with Crippen LogP contribution in [0.4, 0.5) is 5.00 Å². The molecule has 0 aromatic carbocycles. The van der Waals surface area contributed by atoms with Crippen LogP contribution in [0, 0.1) is 17.2 Å². The van der Waals surface area contributed by atoms with E-state index in [1.807, 2.05) is 0 Å². The molecule has 136 valence electrons. The number of nitrogens with zero attached hydrogens (tertiary/aromatic N) is 2. The third kappa shape index (κ3) is 4.08. The van der Waals surface area contributed by atoms with Crippen molar-refractivity contribution in [2.75, 3.05) is 11.1 Å². The number of hydrogen-bond donors (Lipinski definition) is 3. The fourth-order valence-corrected chi connectivity index (χ4v) is 5.00. The van der Waals surface area contributed by atoms with E-state index in [0.29, 0.717) is 16.5 Å². The number of nitriles is 1. The highest BCUT2D eigenvalue weighted by Gasteiger charge is 2.25. The van der Waals surface area contributed by atoms with Crippen molar-refractivity contribution >= 4 is 34.0 Å². The Kier molecular flexibility index (Phi) is 5.64. The lowest BCUT2D eigenvalue weighted by Crippen LogP contribution is -2.15. The van der Waals surface area contributed by atoms with Gasteiger partial charge in [0.2, 0.25) is 11.8 Å². The van der Waals surface area contributed by atoms with Crippen LogP contribution >= 0.6 is 23.1 Å². The Morgan fingerprint density at radius 3 is 3.12 bits per heavy atom. The molecule has 0 fully saturated rings. The molecule has 2 aromatic heterocycles. The van der Waals surface area contributed by atoms with E-state index in [1.54, 1.807) is 0 Å². The molecule has 26 heavy (non-hydrogen) atoms. The summed E-state index contributed by atoms with van der Waals surface area (Å²) < 4.78 is 0. The minimum absolute atomic E-state index is 0.0113. The summed E-state index contributed by atoms with van der Waals surface area (Å²) in [6.07, 6.45) is 4.04. The van der Waals surface area contributed by atoms with Crippen LogP contribution in [0.1, 0.15) is 35.8 Å². The molecule has 1 aliphatic carbocycles. The third-order valence-electron chi connectivity index (χ3n) is 4.36. The minimum atomic E-state index is -0.483. The Morgan fingerprint density at radius 1 is 1.62 bits per heavy atom. The third-order valence-corrected chi connectivity index (χ3v) is 6.40. The number of carbonyl (C=O) groups is 1. The molecule has 2 aromatic rings. The molecule has 1 aliphatic rings. The first-order chi connectivity index (χ1) is 12.5. The predicted octanol–water partition coefficient (Wildman–Crippen LogP) is 2.65. The Hall–Kier alpha value is -2.31. The number of aromatic hydroxyl groups is 1. The minimum Gasteiger partial charge on any atom is -0.493 e. The topological polar surface area (TPSA) is 119 Å². The van der Waals surface area contributed by atoms with Crippen LogP contribution in [0.5, 0.6) is 5.88 Å². The number of thiophene rings is 1. The van der Waals surface area contributed by atoms with Crippen molar-refractivity contribution in [3.8, 4) is 11.9 Å². The Bertz CT molecular complexity index is 929. The van der Waals surface area contributed by atoms with Crippen LogP contribution in [0.25, 0.3) is 0 Å². The fourth-order valence-electron chi connectivity index (χ4n) is 3.00. The summed E-state index contributed by atoms with van der Waals surface area (Å²) in [6.45, 7) is 2.17. The molecular formula is C17H18N4O3S2. The van der Waals surface area contributed by atoms with Gasteiger partial charge in [0.25, 0.3) is 5.56 Å². The average Bonchev–Trinajstić information content (AvgIpc) is 2.95. The quantitative estimate of drug-likeness (QED) is 0.533. The van der Waals surface area contributed by atoms with Gasteiger partial charge in [0.15, 0.2) is 5.16 Å². The molecule has 1 unspecified atom stereocenters. The second-order valence-electron chi connectivity index (χ2n) is 6.08. The number of aromatic nitrogens is 2. The molecule has 0 bridgehead atoms. The maximum absolute atomic E-state index is 12.2. The van der Waals surface area contributed by atoms with Gasteiger partial charge in [-0.05, 0) is 30.7 Å². The van der Waals surface area contributed by atoms with Gasteiger partial charge in [-0.15, -0.1) is 11.3 Å². The molecule has 0 saturated carbocycles. The van der Waals surface area contributed by atoms with Crippen molar-refractivity contribution in [3.63, 3.8) is 0 Å². The van der Waals surface area contributed by atoms with E-state index < -0.39 is 5.56 Å². The molecular weight excluding hydrogens is 372 g/mol. The number of amides is 1. The zero-order chi connectivity index (χ0) is 18.7. The maximum atomic E-state index is 12.2. The van der Waals surface area contributed by atoms with Crippen molar-refractivity contribution in [1.29, 1.82) is 5.26 Å². The molecule has 1 atom stereocenters. The van der Waals surface area contributed by atoms with Gasteiger partial charge in [-0.25, -0.2) is 0 Å². The molecule has 1 amide bonds. The van der Waals surface area contributed by atoms with Crippen molar-refractivity contribution in [2.45, 2.75) is 37.8 Å². The first-order valence-corrected chi connectivity index (χ1v) is 10.1. The summed E-state index contributed by atoms with van der Waals surface area (Å²) in [6, 6.07) is 3.19. The van der Waals surface area contributed by atoms with Crippen molar-refractivity contribution in [1.82, 2.24) is 9.97 Å². The second kappa shape index (κ2) is 7.93. The molecule has 2 heterocycles. The molecule has 0 saturated heterocycles. The van der Waals surface area contributed by atoms with Gasteiger partial charge < -0.3 is 15.4 Å². The summed E-state index contributed by atoms with van der Waals surface area (Å²) in [5, 5.41) is 22.4. The van der Waals surface area contributed by atoms with E-state index in [0.717, 1.165) is 49.1 Å². The summed E-state index contributed by atoms with van der Waals surface area (Å²) in [5.74, 6) is -0.0272. The molecule has 0 spiro atoms. The lowest BCUT2D eigenvalue weighted by Gasteiger charge is -2.20. The lowest BCUT2D eigenvalue weighted by molar-refractivity contribution is -0.113. The highest BCUT2D eigenvalue weighted by atomic mass is 32.2. The molecule has 0 aliphatic heterocycles. The van der Waals surface area contributed by atoms with Gasteiger partial charge in [-0.2, -0.15) is 10.2 Å². The molecule has 3 rings (SSSR count). The summed E-state index contributed by atoms with van der Waals surface area (Å²) in [7, 11) is 0. The number of fused-ring (bicyclic) bond motifs is 1. The summed E-state index contributed by atoms with van der Waals surface area (Å²) >= 11 is 2.49. The maximum Gasteiger partial charge on any atom is 0.255 e. The van der Waals surface area contributed by atoms with Gasteiger partial charge in [-0.3, -0.25) is 9.59 Å². The fraction of sp³-hybridized carbons (Fsp3) is 0.412. The van der Waals surface area contributed by atoms with Crippen LogP contribution < -0.4 is 10.9 Å². The largest absolute Gasteiger partial charge is 0.493 e. The zero-order valence-corrected chi connectivity index (χ0v) is 15.8. The van der Waals surface area contributed by atoms with Crippen LogP contribution in [0.2, 0.25) is 0 Å². The Labute approximate surface area is 158 Å². The van der Waals surface area contributed by atoms with Crippen LogP contribution in [0.3, 0.4) is 0 Å². The van der Waals surface area contributed by atoms with E-state index in [-0.39, 0.29) is 22.7 Å². The predicted molar refractivity (Wildman–Crippen MR) is 101 cm³/mol. The van der Waals surface area contributed by atoms with E-state index in [9.17, 15) is 20.0 Å². The number of carbonyl (C=O) groups excluding carboxylic acids is 1. The Morgan fingerprint density at radius 2 is 2.42 bits per heavy atom. The van der Waals surface area contributed by atoms with Gasteiger partial charge >= 0.3 is 0 Å². The van der Waals surface area contributed by atoms with E-state index in [2.05, 4.69) is 28.3 Å². The van der Waals surface area contributed by atoms with Crippen molar-refractivity contribution in [2.24, 2.45) is 5.92 Å². The molecule has 9 heteroatoms. The SMILES string of the molecule is CCC1CCc2c(sc(NC(=O)CSc3nc(O)cc(=O)[nH]3)c2C#N)C1. The zero-order valence-electron chi connectivity index (χ0n) is 14.2. The highest BCUT2D eigenvalue weighted by molar-refractivity contribution is 7.99. The van der Waals surface area contributed by atoms with Crippen LogP contribution in [-0.2, 0) is 17.6 Å². The van der Waals surface area contributed by atoms with Gasteiger partial charge in [-0.1, -0.05) is 25.1 Å². The van der Waals surface area contributed by atoms with Crippen LogP contribution in [-0.4, -0.2) is 26.7 Å². The first-order valence-electron chi connectivity index (χ1n) is 8.27. The molecule has 7 nitrogen and oxygen atoms in total. The number of rotatable bonds is 5. The van der Waals surface area contributed by atoms with E-state index >= 15 is 0 Å². The van der Waals surface area contributed by atoms with Gasteiger partial charge in [0.05, 0.1) is 17.4 Å². The highest BCUT2D eigenvalue weighted by Crippen LogP contribution is 2.40. The molecule has 0 radical (unpaired) electrons. The molecule has 3 N–H and O–H groups in total.